The molecule has 1 aromatic rings. The summed E-state index contributed by atoms with van der Waals surface area (Å²) in [5.41, 5.74) is 1.36. The molecule has 0 aliphatic carbocycles. The Kier molecular flexibility index (Phi) is 5.86. The summed E-state index contributed by atoms with van der Waals surface area (Å²) in [6.45, 7) is 11.7. The van der Waals surface area contributed by atoms with E-state index < -0.39 is 0 Å². The predicted octanol–water partition coefficient (Wildman–Crippen LogP) is 3.08. The highest BCUT2D eigenvalue weighted by molar-refractivity contribution is 5.31. The smallest absolute Gasteiger partial charge is 0.119 e. The van der Waals surface area contributed by atoms with Gasteiger partial charge in [-0.05, 0) is 49.7 Å². The molecular formula is C17H28N2O. The minimum atomic E-state index is 0.497. The molecule has 0 radical (unpaired) electrons. The van der Waals surface area contributed by atoms with E-state index in [1.165, 1.54) is 12.0 Å². The first-order valence-corrected chi connectivity index (χ1v) is 7.91. The summed E-state index contributed by atoms with van der Waals surface area (Å²) >= 11 is 0. The Morgan fingerprint density at radius 1 is 1.30 bits per heavy atom. The third-order valence-corrected chi connectivity index (χ3v) is 4.18. The molecule has 1 saturated heterocycles. The molecule has 20 heavy (non-hydrogen) atoms. The average molecular weight is 276 g/mol. The van der Waals surface area contributed by atoms with Gasteiger partial charge in [-0.25, -0.2) is 0 Å². The molecular weight excluding hydrogens is 248 g/mol. The summed E-state index contributed by atoms with van der Waals surface area (Å²) in [6.07, 6.45) is 1.23. The summed E-state index contributed by atoms with van der Waals surface area (Å²) in [6, 6.07) is 9.05. The monoisotopic (exact) mass is 276 g/mol. The molecule has 0 amide bonds. The fraction of sp³-hybridized carbons (Fsp3) is 0.647. The highest BCUT2D eigenvalue weighted by Crippen LogP contribution is 2.28. The van der Waals surface area contributed by atoms with Crippen molar-refractivity contribution in [2.45, 2.75) is 33.2 Å². The van der Waals surface area contributed by atoms with E-state index in [0.29, 0.717) is 6.04 Å². The SMILES string of the molecule is CCN(CC)CCOc1cccc(C2CC(C)CN2)c1. The molecule has 1 heterocycles. The van der Waals surface area contributed by atoms with Crippen molar-refractivity contribution in [2.24, 2.45) is 5.92 Å². The summed E-state index contributed by atoms with van der Waals surface area (Å²) < 4.78 is 5.90. The number of hydrogen-bond donors (Lipinski definition) is 1. The Bertz CT molecular complexity index is 404. The Labute approximate surface area is 123 Å². The van der Waals surface area contributed by atoms with E-state index in [2.05, 4.69) is 55.3 Å². The van der Waals surface area contributed by atoms with Gasteiger partial charge in [0.2, 0.25) is 0 Å². The summed E-state index contributed by atoms with van der Waals surface area (Å²) in [5, 5.41) is 3.58. The summed E-state index contributed by atoms with van der Waals surface area (Å²) in [5.74, 6) is 1.77. The molecule has 1 aromatic carbocycles. The zero-order chi connectivity index (χ0) is 14.4. The van der Waals surface area contributed by atoms with Gasteiger partial charge in [-0.15, -0.1) is 0 Å². The third kappa shape index (κ3) is 4.22. The van der Waals surface area contributed by atoms with Crippen LogP contribution in [0.2, 0.25) is 0 Å². The normalized spacial score (nSPS) is 22.4. The van der Waals surface area contributed by atoms with Gasteiger partial charge in [0.1, 0.15) is 12.4 Å². The molecule has 1 N–H and O–H groups in total. The lowest BCUT2D eigenvalue weighted by Crippen LogP contribution is -2.27. The molecule has 3 nitrogen and oxygen atoms in total. The van der Waals surface area contributed by atoms with Gasteiger partial charge in [0.05, 0.1) is 0 Å². The molecule has 2 rings (SSSR count). The molecule has 1 fully saturated rings. The van der Waals surface area contributed by atoms with Crippen molar-refractivity contribution in [1.82, 2.24) is 10.2 Å². The van der Waals surface area contributed by atoms with Gasteiger partial charge in [-0.3, -0.25) is 0 Å². The zero-order valence-electron chi connectivity index (χ0n) is 13.1. The second-order valence-electron chi connectivity index (χ2n) is 5.75. The molecule has 1 aliphatic heterocycles. The molecule has 0 spiro atoms. The van der Waals surface area contributed by atoms with Crippen LogP contribution in [0.5, 0.6) is 5.75 Å². The van der Waals surface area contributed by atoms with Crippen LogP contribution in [-0.4, -0.2) is 37.7 Å². The van der Waals surface area contributed by atoms with Crippen LogP contribution in [0, 0.1) is 5.92 Å². The number of benzene rings is 1. The highest BCUT2D eigenvalue weighted by Gasteiger charge is 2.22. The van der Waals surface area contributed by atoms with Crippen molar-refractivity contribution >= 4 is 0 Å². The van der Waals surface area contributed by atoms with E-state index in [4.69, 9.17) is 4.74 Å². The largest absolute Gasteiger partial charge is 0.492 e. The van der Waals surface area contributed by atoms with Gasteiger partial charge < -0.3 is 15.0 Å². The van der Waals surface area contributed by atoms with Gasteiger partial charge in [-0.1, -0.05) is 32.9 Å². The molecule has 3 heteroatoms. The lowest BCUT2D eigenvalue weighted by atomic mass is 10.0. The predicted molar refractivity (Wildman–Crippen MR) is 84.2 cm³/mol. The van der Waals surface area contributed by atoms with Crippen molar-refractivity contribution in [3.63, 3.8) is 0 Å². The standard InChI is InChI=1S/C17H28N2O/c1-4-19(5-2)9-10-20-16-8-6-7-15(12-16)17-11-14(3)13-18-17/h6-8,12,14,17-18H,4-5,9-11,13H2,1-3H3. The first kappa shape index (κ1) is 15.3. The van der Waals surface area contributed by atoms with Crippen LogP contribution in [0.4, 0.5) is 0 Å². The third-order valence-electron chi connectivity index (χ3n) is 4.18. The highest BCUT2D eigenvalue weighted by atomic mass is 16.5. The van der Waals surface area contributed by atoms with Crippen molar-refractivity contribution < 1.29 is 4.74 Å². The van der Waals surface area contributed by atoms with E-state index >= 15 is 0 Å². The van der Waals surface area contributed by atoms with Crippen molar-refractivity contribution in [3.05, 3.63) is 29.8 Å². The summed E-state index contributed by atoms with van der Waals surface area (Å²) in [4.78, 5) is 2.38. The number of nitrogens with one attached hydrogen (secondary N) is 1. The number of nitrogens with zero attached hydrogens (tertiary/aromatic N) is 1. The number of hydrogen-bond acceptors (Lipinski definition) is 3. The van der Waals surface area contributed by atoms with Crippen LogP contribution < -0.4 is 10.1 Å². The van der Waals surface area contributed by atoms with E-state index in [9.17, 15) is 0 Å². The van der Waals surface area contributed by atoms with Crippen molar-refractivity contribution in [2.75, 3.05) is 32.8 Å². The van der Waals surface area contributed by atoms with E-state index in [0.717, 1.165) is 44.5 Å². The van der Waals surface area contributed by atoms with Crippen LogP contribution in [0.1, 0.15) is 38.8 Å². The second kappa shape index (κ2) is 7.65. The molecule has 0 bridgehead atoms. The van der Waals surface area contributed by atoms with E-state index in [1.807, 2.05) is 0 Å². The Morgan fingerprint density at radius 3 is 2.75 bits per heavy atom. The molecule has 2 unspecified atom stereocenters. The number of likely N-dealkylation sites (N-methyl/N-ethyl adjacent to an activating group) is 1. The van der Waals surface area contributed by atoms with Crippen molar-refractivity contribution in [1.29, 1.82) is 0 Å². The van der Waals surface area contributed by atoms with Gasteiger partial charge >= 0.3 is 0 Å². The molecule has 1 aliphatic rings. The minimum absolute atomic E-state index is 0.497. The quantitative estimate of drug-likeness (QED) is 0.828. The molecule has 0 saturated carbocycles. The maximum absolute atomic E-state index is 5.90. The first-order valence-electron chi connectivity index (χ1n) is 7.91. The van der Waals surface area contributed by atoms with Gasteiger partial charge in [0.25, 0.3) is 0 Å². The number of ether oxygens (including phenoxy) is 1. The van der Waals surface area contributed by atoms with Crippen LogP contribution in [-0.2, 0) is 0 Å². The molecule has 2 atom stereocenters. The van der Waals surface area contributed by atoms with Crippen LogP contribution >= 0.6 is 0 Å². The second-order valence-corrected chi connectivity index (χ2v) is 5.75. The van der Waals surface area contributed by atoms with Gasteiger partial charge in [0, 0.05) is 12.6 Å². The topological polar surface area (TPSA) is 24.5 Å². The van der Waals surface area contributed by atoms with Crippen molar-refractivity contribution in [3.8, 4) is 5.75 Å². The lowest BCUT2D eigenvalue weighted by Gasteiger charge is -2.18. The Morgan fingerprint density at radius 2 is 2.10 bits per heavy atom. The minimum Gasteiger partial charge on any atom is -0.492 e. The average Bonchev–Trinajstić information content (AvgIpc) is 2.91. The Balaban J connectivity index is 1.86. The van der Waals surface area contributed by atoms with Crippen LogP contribution in [0.25, 0.3) is 0 Å². The molecule has 0 aromatic heterocycles. The fourth-order valence-corrected chi connectivity index (χ4v) is 2.82. The van der Waals surface area contributed by atoms with E-state index in [-0.39, 0.29) is 0 Å². The van der Waals surface area contributed by atoms with Crippen LogP contribution in [0.3, 0.4) is 0 Å². The summed E-state index contributed by atoms with van der Waals surface area (Å²) in [7, 11) is 0. The molecule has 112 valence electrons. The Hall–Kier alpha value is -1.06. The van der Waals surface area contributed by atoms with E-state index in [1.54, 1.807) is 0 Å². The van der Waals surface area contributed by atoms with Crippen LogP contribution in [0.15, 0.2) is 24.3 Å². The lowest BCUT2D eigenvalue weighted by molar-refractivity contribution is 0.222. The maximum Gasteiger partial charge on any atom is 0.119 e. The number of rotatable bonds is 7. The zero-order valence-corrected chi connectivity index (χ0v) is 13.1. The maximum atomic E-state index is 5.90. The fourth-order valence-electron chi connectivity index (χ4n) is 2.82. The first-order chi connectivity index (χ1) is 9.72. The van der Waals surface area contributed by atoms with Gasteiger partial charge in [-0.2, -0.15) is 0 Å². The van der Waals surface area contributed by atoms with Gasteiger partial charge in [0.15, 0.2) is 0 Å².